The number of hydrogen-bond acceptors (Lipinski definition) is 0. The van der Waals surface area contributed by atoms with Crippen LogP contribution in [0.3, 0.4) is 0 Å². The molecule has 0 nitrogen and oxygen atoms in total. The van der Waals surface area contributed by atoms with Gasteiger partial charge in [0, 0.05) is 0 Å². The zero-order chi connectivity index (χ0) is 7.70. The first kappa shape index (κ1) is 16.8. The second-order valence-electron chi connectivity index (χ2n) is 1.74. The summed E-state index contributed by atoms with van der Waals surface area (Å²) in [5.41, 5.74) is 1.23. The third-order valence-electron chi connectivity index (χ3n) is 0.777. The average molecular weight is 192 g/mol. The van der Waals surface area contributed by atoms with Gasteiger partial charge in [0.1, 0.15) is 0 Å². The van der Waals surface area contributed by atoms with Crippen molar-refractivity contribution in [3.63, 3.8) is 0 Å². The summed E-state index contributed by atoms with van der Waals surface area (Å²) in [5.74, 6) is 0. The Morgan fingerprint density at radius 1 is 1.40 bits per heavy atom. The molecule has 0 aliphatic carbocycles. The minimum Gasteiger partial charge on any atom is -0.0149 e. The molecule has 0 spiro atoms. The minimum absolute atomic E-state index is 0. The molecule has 0 aromatic carbocycles. The number of allylic oxidation sites excluding steroid dienone is 3. The summed E-state index contributed by atoms with van der Waals surface area (Å²) in [4.78, 5) is 0. The number of rotatable bonds is 1. The van der Waals surface area contributed by atoms with Crippen LogP contribution in [-0.4, -0.2) is 11.0 Å². The first-order valence-corrected chi connectivity index (χ1v) is 6.19. The van der Waals surface area contributed by atoms with Gasteiger partial charge in [0.05, 0.1) is 0 Å². The Bertz CT molecular complexity index is 87.3. The average Bonchev–Trinajstić information content (AvgIpc) is 1.88. The quantitative estimate of drug-likeness (QED) is 0.439. The van der Waals surface area contributed by atoms with E-state index in [1.165, 1.54) is 5.57 Å². The third kappa shape index (κ3) is 23.7. The molecule has 0 saturated heterocycles. The van der Waals surface area contributed by atoms with Crippen molar-refractivity contribution in [3.8, 4) is 0 Å². The van der Waals surface area contributed by atoms with E-state index in [4.69, 9.17) is 0 Å². The molecule has 0 radical (unpaired) electrons. The summed E-state index contributed by atoms with van der Waals surface area (Å²) in [7, 11) is 0. The van der Waals surface area contributed by atoms with Gasteiger partial charge in [-0.3, -0.25) is 0 Å². The fourth-order valence-electron chi connectivity index (χ4n) is 0.118. The van der Waals surface area contributed by atoms with Crippen molar-refractivity contribution in [3.05, 3.63) is 24.3 Å². The van der Waals surface area contributed by atoms with Gasteiger partial charge in [0.15, 0.2) is 0 Å². The molecule has 0 unspecified atom stereocenters. The van der Waals surface area contributed by atoms with Crippen LogP contribution in [0.2, 0.25) is 10.5 Å². The predicted molar refractivity (Wildman–Crippen MR) is 52.7 cm³/mol. The molecule has 60 valence electrons. The first-order chi connectivity index (χ1) is 4.22. The topological polar surface area (TPSA) is 0 Å². The zero-order valence-corrected chi connectivity index (χ0v) is 8.42. The minimum atomic E-state index is 0. The molecule has 0 aliphatic heterocycles. The van der Waals surface area contributed by atoms with Crippen LogP contribution in [0.25, 0.3) is 0 Å². The van der Waals surface area contributed by atoms with Crippen molar-refractivity contribution >= 4 is 11.0 Å². The van der Waals surface area contributed by atoms with Gasteiger partial charge >= 0.3 is 29.6 Å². The maximum Gasteiger partial charge on any atom is -0.0149 e. The van der Waals surface area contributed by atoms with E-state index in [0.717, 1.165) is 0 Å². The van der Waals surface area contributed by atoms with E-state index in [1.807, 2.05) is 26.0 Å². The summed E-state index contributed by atoms with van der Waals surface area (Å²) in [6, 6.07) is 0. The molecule has 0 heterocycles. The van der Waals surface area contributed by atoms with Gasteiger partial charge in [-0.1, -0.05) is 24.3 Å². The largest absolute Gasteiger partial charge is 0.0149 e. The van der Waals surface area contributed by atoms with E-state index >= 15 is 0 Å². The molecule has 2 heteroatoms. The smallest absolute Gasteiger partial charge is 0.0149 e. The van der Waals surface area contributed by atoms with Crippen molar-refractivity contribution in [1.29, 1.82) is 0 Å². The van der Waals surface area contributed by atoms with Crippen LogP contribution in [-0.2, 0) is 19.2 Å². The van der Waals surface area contributed by atoms with E-state index < -0.39 is 0 Å². The molecule has 0 amide bonds. The van der Waals surface area contributed by atoms with Crippen LogP contribution >= 0.6 is 0 Å². The van der Waals surface area contributed by atoms with Crippen LogP contribution < -0.4 is 0 Å². The summed E-state index contributed by atoms with van der Waals surface area (Å²) >= 11 is 0.500. The SMILES string of the molecule is C=CC(C)=CC.[CH3][Ti][CH3].[SiH4]. The Morgan fingerprint density at radius 2 is 1.70 bits per heavy atom. The summed E-state index contributed by atoms with van der Waals surface area (Å²) in [6.07, 6.45) is 3.85. The van der Waals surface area contributed by atoms with Crippen molar-refractivity contribution in [2.75, 3.05) is 0 Å². The third-order valence-corrected chi connectivity index (χ3v) is 0.777. The van der Waals surface area contributed by atoms with Gasteiger partial charge in [-0.2, -0.15) is 0 Å². The molecular formula is C8H20SiTi. The standard InChI is InChI=1S/C6H10.2CH3.H4Si.Ti/c1-4-6(3)5-2;;;;/h4-5H,1H2,2-3H3;2*1H3;1H4;. The van der Waals surface area contributed by atoms with Crippen LogP contribution in [0.1, 0.15) is 13.8 Å². The maximum absolute atomic E-state index is 3.56. The Kier molecular flexibility index (Phi) is 27.2. The molecule has 0 bridgehead atoms. The molecule has 0 saturated carbocycles. The Hall–Kier alpha value is 0.411. The van der Waals surface area contributed by atoms with E-state index in [1.54, 1.807) is 0 Å². The van der Waals surface area contributed by atoms with Crippen molar-refractivity contribution in [2.24, 2.45) is 0 Å². The molecule has 0 fully saturated rings. The second-order valence-corrected chi connectivity index (χ2v) is 3.30. The molecule has 0 rings (SSSR count). The van der Waals surface area contributed by atoms with E-state index in [2.05, 4.69) is 17.0 Å². The summed E-state index contributed by atoms with van der Waals surface area (Å²) < 4.78 is 0. The van der Waals surface area contributed by atoms with Gasteiger partial charge in [-0.15, -0.1) is 0 Å². The normalized spacial score (nSPS) is 8.20. The van der Waals surface area contributed by atoms with Crippen LogP contribution in [0, 0.1) is 0 Å². The zero-order valence-electron chi connectivity index (χ0n) is 6.86. The van der Waals surface area contributed by atoms with Crippen LogP contribution in [0.5, 0.6) is 0 Å². The van der Waals surface area contributed by atoms with E-state index in [-0.39, 0.29) is 11.0 Å². The summed E-state index contributed by atoms with van der Waals surface area (Å²) in [5, 5.41) is 4.50. The van der Waals surface area contributed by atoms with Crippen molar-refractivity contribution < 1.29 is 19.2 Å². The van der Waals surface area contributed by atoms with Gasteiger partial charge in [0.2, 0.25) is 0 Å². The molecule has 0 aromatic heterocycles. The van der Waals surface area contributed by atoms with Gasteiger partial charge in [-0.05, 0) is 24.8 Å². The van der Waals surface area contributed by atoms with Gasteiger partial charge in [-0.25, -0.2) is 0 Å². The molecule has 10 heavy (non-hydrogen) atoms. The molecule has 0 N–H and O–H groups in total. The van der Waals surface area contributed by atoms with Crippen molar-refractivity contribution in [2.45, 2.75) is 24.3 Å². The molecular weight excluding hydrogens is 172 g/mol. The van der Waals surface area contributed by atoms with Crippen molar-refractivity contribution in [1.82, 2.24) is 0 Å². The monoisotopic (exact) mass is 192 g/mol. The predicted octanol–water partition coefficient (Wildman–Crippen LogP) is 1.85. The van der Waals surface area contributed by atoms with E-state index in [9.17, 15) is 0 Å². The first-order valence-electron chi connectivity index (χ1n) is 3.06. The van der Waals surface area contributed by atoms with Gasteiger partial charge in [0.25, 0.3) is 0 Å². The Morgan fingerprint density at radius 3 is 1.70 bits per heavy atom. The van der Waals surface area contributed by atoms with Gasteiger partial charge < -0.3 is 0 Å². The maximum atomic E-state index is 3.56. The molecule has 0 aromatic rings. The fraction of sp³-hybridized carbons (Fsp3) is 0.500. The summed E-state index contributed by atoms with van der Waals surface area (Å²) in [6.45, 7) is 7.58. The second kappa shape index (κ2) is 16.2. The van der Waals surface area contributed by atoms with E-state index in [0.29, 0.717) is 19.2 Å². The molecule has 0 aliphatic rings. The van der Waals surface area contributed by atoms with Crippen LogP contribution in [0.15, 0.2) is 24.3 Å². The van der Waals surface area contributed by atoms with Crippen LogP contribution in [0.4, 0.5) is 0 Å². The molecule has 0 atom stereocenters. The fourth-order valence-corrected chi connectivity index (χ4v) is 0.118. The Labute approximate surface area is 78.7 Å². The number of hydrogen-bond donors (Lipinski definition) is 0. The Balaban J connectivity index is -0.000000107.